The summed E-state index contributed by atoms with van der Waals surface area (Å²) in [5, 5.41) is 23.1. The molecule has 0 spiro atoms. The molecule has 0 saturated heterocycles. The monoisotopic (exact) mass is 379 g/mol. The Morgan fingerprint density at radius 1 is 1.14 bits per heavy atom. The van der Waals surface area contributed by atoms with Crippen LogP contribution in [0.15, 0.2) is 54.5 Å². The van der Waals surface area contributed by atoms with Gasteiger partial charge in [-0.1, -0.05) is 0 Å². The van der Waals surface area contributed by atoms with Gasteiger partial charge in [0.05, 0.1) is 31.4 Å². The lowest BCUT2D eigenvalue weighted by Crippen LogP contribution is -2.02. The molecule has 0 radical (unpaired) electrons. The van der Waals surface area contributed by atoms with Crippen LogP contribution >= 0.6 is 0 Å². The fourth-order valence-corrected chi connectivity index (χ4v) is 2.03. The van der Waals surface area contributed by atoms with Crippen LogP contribution in [0.5, 0.6) is 0 Å². The van der Waals surface area contributed by atoms with Crippen molar-refractivity contribution < 1.29 is 17.8 Å². The first-order valence-corrected chi connectivity index (χ1v) is 7.59. The average molecular weight is 380 g/mol. The first kappa shape index (κ1) is 8.24. The van der Waals surface area contributed by atoms with Crippen molar-refractivity contribution in [1.29, 1.82) is 10.5 Å². The van der Waals surface area contributed by atoms with Crippen LogP contribution in [0.2, 0.25) is 0 Å². The molecule has 6 nitrogen and oxygen atoms in total. The van der Waals surface area contributed by atoms with Gasteiger partial charge in [-0.25, -0.2) is 4.98 Å². The van der Waals surface area contributed by atoms with E-state index in [9.17, 15) is 0 Å². The zero-order chi connectivity index (χ0) is 31.1. The van der Waals surface area contributed by atoms with E-state index in [4.69, 9.17) is 28.3 Å². The molecule has 136 valence electrons. The molecule has 0 amide bonds. The summed E-state index contributed by atoms with van der Waals surface area (Å²) in [4.78, 5) is 7.75. The van der Waals surface area contributed by atoms with Crippen LogP contribution in [0, 0.1) is 36.4 Å². The normalized spacial score (nSPS) is 18.0. The molecule has 0 aliphatic rings. The predicted octanol–water partition coefficient (Wildman–Crippen LogP) is 4.99. The van der Waals surface area contributed by atoms with E-state index in [1.54, 1.807) is 6.07 Å². The highest BCUT2D eigenvalue weighted by Crippen LogP contribution is 2.26. The predicted molar refractivity (Wildman–Crippen MR) is 110 cm³/mol. The number of rotatable bonds is 5. The van der Waals surface area contributed by atoms with E-state index in [1.165, 1.54) is 13.0 Å². The SMILES string of the molecule is [2H]/C(C#N)=C(/[2H])c1c([2H])c(C)c(Nc2nc(Nc3c([2H])c([2H])c(C#N)c([2H])c3[2H])nc([2H])c2[2H])c(C([2H])([2H])[2H])c1[2H]. The third kappa shape index (κ3) is 4.51. The molecule has 0 atom stereocenters. The fourth-order valence-electron chi connectivity index (χ4n) is 2.03. The molecule has 28 heavy (non-hydrogen) atoms. The number of anilines is 4. The Hall–Kier alpha value is -4.16. The Kier molecular flexibility index (Phi) is 2.50. The molecule has 0 unspecified atom stereocenters. The molecule has 1 aromatic heterocycles. The van der Waals surface area contributed by atoms with Gasteiger partial charge in [-0.3, -0.25) is 0 Å². The summed E-state index contributed by atoms with van der Waals surface area (Å²) >= 11 is 0. The lowest BCUT2D eigenvalue weighted by Gasteiger charge is -2.14. The molecule has 3 rings (SSSR count). The number of nitrogens with zero attached hydrogens (tertiary/aromatic N) is 4. The van der Waals surface area contributed by atoms with Gasteiger partial charge < -0.3 is 10.6 Å². The molecular weight excluding hydrogens is 348 g/mol. The van der Waals surface area contributed by atoms with E-state index in [0.717, 1.165) is 0 Å². The maximum absolute atomic E-state index is 9.14. The second-order valence-electron chi connectivity index (χ2n) is 5.11. The molecule has 3 aromatic rings. The summed E-state index contributed by atoms with van der Waals surface area (Å²) in [6.07, 6.45) is -0.708. The van der Waals surface area contributed by atoms with Crippen LogP contribution in [0.25, 0.3) is 6.05 Å². The lowest BCUT2D eigenvalue weighted by atomic mass is 10.0. The van der Waals surface area contributed by atoms with Gasteiger partial charge in [0, 0.05) is 27.7 Å². The van der Waals surface area contributed by atoms with Gasteiger partial charge in [0.2, 0.25) is 5.95 Å². The van der Waals surface area contributed by atoms with Crippen LogP contribution in [0.4, 0.5) is 23.1 Å². The van der Waals surface area contributed by atoms with Gasteiger partial charge in [0.15, 0.2) is 0 Å². The quantitative estimate of drug-likeness (QED) is 0.606. The zero-order valence-electron chi connectivity index (χ0n) is 27.3. The smallest absolute Gasteiger partial charge is 0.229 e. The van der Waals surface area contributed by atoms with Crippen LogP contribution in [-0.4, -0.2) is 9.97 Å². The number of nitrogens with one attached hydrogen (secondary N) is 2. The van der Waals surface area contributed by atoms with Crippen LogP contribution in [0.1, 0.15) is 40.1 Å². The largest absolute Gasteiger partial charge is 0.340 e. The Balaban J connectivity index is 2.25. The highest BCUT2D eigenvalue weighted by molar-refractivity contribution is 5.69. The number of allylic oxidation sites excluding steroid dienone is 1. The third-order valence-corrected chi connectivity index (χ3v) is 3.20. The Bertz CT molecular complexity index is 1690. The van der Waals surface area contributed by atoms with Gasteiger partial charge >= 0.3 is 0 Å². The van der Waals surface area contributed by atoms with Gasteiger partial charge in [0.25, 0.3) is 0 Å². The molecule has 0 saturated carbocycles. The standard InChI is InChI=1S/C22H18N6/c1-15-12-18(4-3-10-23)13-16(2)21(15)27-20-9-11-25-22(28-20)26-19-7-5-17(14-24)6-8-19/h3-9,11-13H,1-2H3,(H2,25,26,27,28)/b4-3+/i1D3,3D,4D,5D,6D,7D,8D,9D,11D,12D,13D. The molecule has 2 aromatic carbocycles. The molecule has 0 aliphatic carbocycles. The van der Waals surface area contributed by atoms with Crippen LogP contribution in [0.3, 0.4) is 0 Å². The first-order valence-electron chi connectivity index (χ1n) is 14.1. The van der Waals surface area contributed by atoms with E-state index in [0.29, 0.717) is 0 Å². The van der Waals surface area contributed by atoms with Gasteiger partial charge in [0.1, 0.15) is 5.82 Å². The molecule has 2 N–H and O–H groups in total. The number of benzene rings is 2. The summed E-state index contributed by atoms with van der Waals surface area (Å²) in [5.74, 6) is -0.985. The second kappa shape index (κ2) is 8.48. The van der Waals surface area contributed by atoms with Crippen molar-refractivity contribution in [3.63, 3.8) is 0 Å². The van der Waals surface area contributed by atoms with E-state index in [1.807, 2.05) is 0 Å². The third-order valence-electron chi connectivity index (χ3n) is 3.20. The fraction of sp³-hybridized carbons (Fsp3) is 0.0909. The maximum atomic E-state index is 9.14. The maximum Gasteiger partial charge on any atom is 0.229 e. The average Bonchev–Trinajstić information content (AvgIpc) is 2.90. The summed E-state index contributed by atoms with van der Waals surface area (Å²) in [6.45, 7) is -1.75. The van der Waals surface area contributed by atoms with Crippen LogP contribution < -0.4 is 10.6 Å². The number of hydrogen-bond acceptors (Lipinski definition) is 6. The summed E-state index contributed by atoms with van der Waals surface area (Å²) in [6, 6.07) is -3.30. The highest BCUT2D eigenvalue weighted by Gasteiger charge is 2.07. The summed E-state index contributed by atoms with van der Waals surface area (Å²) in [7, 11) is 0. The number of aromatic nitrogens is 2. The minimum Gasteiger partial charge on any atom is -0.340 e. The van der Waals surface area contributed by atoms with Gasteiger partial charge in [-0.2, -0.15) is 15.5 Å². The van der Waals surface area contributed by atoms with Crippen molar-refractivity contribution >= 4 is 29.2 Å². The Morgan fingerprint density at radius 3 is 2.64 bits per heavy atom. The summed E-state index contributed by atoms with van der Waals surface area (Å²) < 4.78 is 105. The van der Waals surface area contributed by atoms with E-state index in [2.05, 4.69) is 20.6 Å². The van der Waals surface area contributed by atoms with Crippen molar-refractivity contribution in [2.24, 2.45) is 0 Å². The zero-order valence-corrected chi connectivity index (χ0v) is 14.3. The molecule has 1 heterocycles. The van der Waals surface area contributed by atoms with Crippen molar-refractivity contribution in [1.82, 2.24) is 9.97 Å². The van der Waals surface area contributed by atoms with Crippen LogP contribution in [-0.2, 0) is 0 Å². The minimum absolute atomic E-state index is 0.136. The second-order valence-corrected chi connectivity index (χ2v) is 5.11. The Labute approximate surface area is 182 Å². The van der Waals surface area contributed by atoms with Gasteiger partial charge in [-0.15, -0.1) is 0 Å². The minimum atomic E-state index is -3.03. The molecule has 0 fully saturated rings. The first-order chi connectivity index (χ1) is 19.0. The topological polar surface area (TPSA) is 97.4 Å². The van der Waals surface area contributed by atoms with E-state index < -0.39 is 102 Å². The van der Waals surface area contributed by atoms with Crippen molar-refractivity contribution in [2.75, 3.05) is 10.6 Å². The molecular formula is C22H18N6. The molecule has 0 bridgehead atoms. The van der Waals surface area contributed by atoms with E-state index >= 15 is 0 Å². The number of hydrogen-bond donors (Lipinski definition) is 2. The molecule has 0 aliphatic heterocycles. The lowest BCUT2D eigenvalue weighted by molar-refractivity contribution is 1.16. The number of nitriles is 2. The van der Waals surface area contributed by atoms with Crippen molar-refractivity contribution in [3.05, 3.63) is 76.8 Å². The Morgan fingerprint density at radius 2 is 1.93 bits per heavy atom. The van der Waals surface area contributed by atoms with Crippen molar-refractivity contribution in [2.45, 2.75) is 13.8 Å². The van der Waals surface area contributed by atoms with E-state index in [-0.39, 0.29) is 11.3 Å². The van der Waals surface area contributed by atoms with Crippen molar-refractivity contribution in [3.8, 4) is 12.1 Å². The summed E-state index contributed by atoms with van der Waals surface area (Å²) in [5.41, 5.74) is -2.72. The van der Waals surface area contributed by atoms with Gasteiger partial charge in [-0.05, 0) is 78.8 Å². The highest BCUT2D eigenvalue weighted by atomic mass is 15.1. The molecule has 6 heteroatoms.